The van der Waals surface area contributed by atoms with Crippen molar-refractivity contribution in [2.24, 2.45) is 0 Å². The molecule has 1 saturated heterocycles. The first-order valence-electron chi connectivity index (χ1n) is 12.9. The van der Waals surface area contributed by atoms with E-state index in [4.69, 9.17) is 11.6 Å². The fourth-order valence-corrected chi connectivity index (χ4v) is 6.68. The Hall–Kier alpha value is -3.98. The lowest BCUT2D eigenvalue weighted by atomic mass is 9.84. The Kier molecular flexibility index (Phi) is 6.70. The van der Waals surface area contributed by atoms with Gasteiger partial charge in [0.1, 0.15) is 0 Å². The van der Waals surface area contributed by atoms with Crippen LogP contribution in [0.4, 0.5) is 5.69 Å². The van der Waals surface area contributed by atoms with Crippen molar-refractivity contribution >= 4 is 54.9 Å². The number of aromatic nitrogens is 1. The summed E-state index contributed by atoms with van der Waals surface area (Å²) in [5.41, 5.74) is 0.973. The average Bonchev–Trinajstić information content (AvgIpc) is 2.97. The van der Waals surface area contributed by atoms with Crippen LogP contribution >= 0.6 is 11.6 Å². The van der Waals surface area contributed by atoms with Gasteiger partial charge in [-0.05, 0) is 54.6 Å². The molecule has 2 N–H and O–H groups in total. The number of carbonyl (C=O) groups excluding carboxylic acids is 1. The number of halogens is 1. The normalized spacial score (nSPS) is 15.3. The van der Waals surface area contributed by atoms with Crippen LogP contribution in [-0.2, 0) is 15.6 Å². The number of amides is 1. The molecule has 4 aromatic carbocycles. The smallest absolute Gasteiger partial charge is 0.279 e. The van der Waals surface area contributed by atoms with E-state index in [9.17, 15) is 18.3 Å². The van der Waals surface area contributed by atoms with Crippen molar-refractivity contribution in [3.8, 4) is 0 Å². The van der Waals surface area contributed by atoms with Crippen LogP contribution < -0.4 is 4.72 Å². The highest BCUT2D eigenvalue weighted by Gasteiger charge is 2.37. The van der Waals surface area contributed by atoms with Gasteiger partial charge in [0.15, 0.2) is 5.03 Å². The van der Waals surface area contributed by atoms with Crippen molar-refractivity contribution < 1.29 is 18.3 Å². The van der Waals surface area contributed by atoms with Crippen molar-refractivity contribution in [3.05, 3.63) is 113 Å². The molecule has 9 heteroatoms. The summed E-state index contributed by atoms with van der Waals surface area (Å²) in [6.45, 7) is 0.716. The van der Waals surface area contributed by atoms with Gasteiger partial charge < -0.3 is 10.0 Å². The zero-order chi connectivity index (χ0) is 27.9. The molecule has 0 spiro atoms. The van der Waals surface area contributed by atoms with Crippen LogP contribution in [0, 0.1) is 0 Å². The van der Waals surface area contributed by atoms with Gasteiger partial charge in [0.25, 0.3) is 15.9 Å². The minimum Gasteiger partial charge on any atom is -0.385 e. The number of aliphatic hydroxyl groups is 1. The molecule has 0 unspecified atom stereocenters. The van der Waals surface area contributed by atoms with E-state index in [0.29, 0.717) is 64.1 Å². The van der Waals surface area contributed by atoms with E-state index >= 15 is 0 Å². The second-order valence-corrected chi connectivity index (χ2v) is 12.0. The van der Waals surface area contributed by atoms with Gasteiger partial charge in [0.05, 0.1) is 16.8 Å². The first-order valence-corrected chi connectivity index (χ1v) is 14.8. The number of nitrogens with zero attached hydrogens (tertiary/aromatic N) is 2. The molecular weight excluding hydrogens is 546 g/mol. The average molecular weight is 572 g/mol. The number of piperidine rings is 1. The number of hydrogen-bond acceptors (Lipinski definition) is 5. The number of sulfonamides is 1. The van der Waals surface area contributed by atoms with Crippen molar-refractivity contribution in [1.29, 1.82) is 0 Å². The van der Waals surface area contributed by atoms with E-state index in [1.54, 1.807) is 53.4 Å². The first-order chi connectivity index (χ1) is 19.2. The largest absolute Gasteiger partial charge is 0.385 e. The molecule has 0 radical (unpaired) electrons. The number of likely N-dealkylation sites (tertiary alicyclic amines) is 1. The summed E-state index contributed by atoms with van der Waals surface area (Å²) in [5, 5.41) is 13.8. The molecule has 0 atom stereocenters. The van der Waals surface area contributed by atoms with Crippen LogP contribution in [0.5, 0.6) is 0 Å². The van der Waals surface area contributed by atoms with Gasteiger partial charge in [-0.1, -0.05) is 72.3 Å². The van der Waals surface area contributed by atoms with E-state index in [1.165, 1.54) is 6.07 Å². The number of hydrogen-bond donors (Lipinski definition) is 2. The van der Waals surface area contributed by atoms with Crippen molar-refractivity contribution in [3.63, 3.8) is 0 Å². The lowest BCUT2D eigenvalue weighted by Crippen LogP contribution is -2.45. The molecule has 0 saturated carbocycles. The van der Waals surface area contributed by atoms with E-state index in [0.717, 1.165) is 5.39 Å². The van der Waals surface area contributed by atoms with E-state index in [2.05, 4.69) is 9.71 Å². The number of anilines is 1. The molecule has 1 aliphatic heterocycles. The summed E-state index contributed by atoms with van der Waals surface area (Å²) >= 11 is 6.34. The monoisotopic (exact) mass is 571 g/mol. The van der Waals surface area contributed by atoms with Crippen LogP contribution in [0.3, 0.4) is 0 Å². The molecule has 0 bridgehead atoms. The minimum atomic E-state index is -3.99. The molecule has 6 rings (SSSR count). The third kappa shape index (κ3) is 4.79. The van der Waals surface area contributed by atoms with Gasteiger partial charge in [-0.15, -0.1) is 0 Å². The number of nitrogens with one attached hydrogen (secondary N) is 1. The Morgan fingerprint density at radius 3 is 2.30 bits per heavy atom. The summed E-state index contributed by atoms with van der Waals surface area (Å²) in [6.07, 6.45) is 0.716. The molecule has 40 heavy (non-hydrogen) atoms. The third-order valence-corrected chi connectivity index (χ3v) is 9.10. The quantitative estimate of drug-likeness (QED) is 0.271. The molecule has 202 valence electrons. The van der Waals surface area contributed by atoms with Gasteiger partial charge in [-0.25, -0.2) is 4.98 Å². The first kappa shape index (κ1) is 26.3. The number of rotatable bonds is 5. The highest BCUT2D eigenvalue weighted by molar-refractivity contribution is 7.92. The van der Waals surface area contributed by atoms with Crippen LogP contribution in [0.1, 0.15) is 28.8 Å². The van der Waals surface area contributed by atoms with Crippen molar-refractivity contribution in [1.82, 2.24) is 9.88 Å². The van der Waals surface area contributed by atoms with E-state index in [1.807, 2.05) is 42.5 Å². The summed E-state index contributed by atoms with van der Waals surface area (Å²) in [7, 11) is -3.99. The van der Waals surface area contributed by atoms with E-state index < -0.39 is 15.6 Å². The molecular formula is C31H26ClN3O4S. The Balaban J connectivity index is 1.27. The summed E-state index contributed by atoms with van der Waals surface area (Å²) in [4.78, 5) is 19.7. The van der Waals surface area contributed by atoms with E-state index in [-0.39, 0.29) is 10.9 Å². The van der Waals surface area contributed by atoms with Crippen molar-refractivity contribution in [2.75, 3.05) is 17.8 Å². The second-order valence-electron chi connectivity index (χ2n) is 9.96. The standard InChI is InChI=1S/C31H26ClN3O4S/c32-26-11-5-4-10-25(26)31(37)17-19-35(20-18-31)30(36)24-14-15-28(23-9-3-2-8-22(23)24)34-40(38,39)29-16-13-21-7-1-6-12-27(21)33-29/h1-16,34,37H,17-20H2. The molecule has 1 amide bonds. The SMILES string of the molecule is O=C(c1ccc(NS(=O)(=O)c2ccc3ccccc3n2)c2ccccc12)N1CCC(O)(c2ccccc2Cl)CC1. The predicted octanol–water partition coefficient (Wildman–Crippen LogP) is 5.97. The molecule has 0 aliphatic carbocycles. The highest BCUT2D eigenvalue weighted by atomic mass is 35.5. The Morgan fingerprint density at radius 1 is 0.850 bits per heavy atom. The van der Waals surface area contributed by atoms with Crippen LogP contribution in [0.15, 0.2) is 102 Å². The van der Waals surface area contributed by atoms with Gasteiger partial charge in [0, 0.05) is 40.0 Å². The molecule has 1 fully saturated rings. The number of carbonyl (C=O) groups is 1. The maximum atomic E-state index is 13.6. The van der Waals surface area contributed by atoms with Gasteiger partial charge >= 0.3 is 0 Å². The predicted molar refractivity (Wildman–Crippen MR) is 157 cm³/mol. The number of pyridine rings is 1. The highest BCUT2D eigenvalue weighted by Crippen LogP contribution is 2.37. The molecule has 1 aromatic heterocycles. The zero-order valence-corrected chi connectivity index (χ0v) is 23.0. The fraction of sp³-hybridized carbons (Fsp3) is 0.161. The van der Waals surface area contributed by atoms with Gasteiger partial charge in [-0.3, -0.25) is 9.52 Å². The fourth-order valence-electron chi connectivity index (χ4n) is 5.33. The molecule has 5 aromatic rings. The number of para-hydroxylation sites is 1. The lowest BCUT2D eigenvalue weighted by molar-refractivity contribution is -0.0210. The second kappa shape index (κ2) is 10.2. The zero-order valence-electron chi connectivity index (χ0n) is 21.4. The molecule has 1 aliphatic rings. The number of benzene rings is 4. The Bertz CT molecular complexity index is 1870. The van der Waals surface area contributed by atoms with Crippen LogP contribution in [-0.4, -0.2) is 42.4 Å². The third-order valence-electron chi connectivity index (χ3n) is 7.50. The summed E-state index contributed by atoms with van der Waals surface area (Å²) < 4.78 is 29.2. The van der Waals surface area contributed by atoms with Gasteiger partial charge in [0.2, 0.25) is 0 Å². The van der Waals surface area contributed by atoms with Crippen LogP contribution in [0.2, 0.25) is 5.02 Å². The lowest BCUT2D eigenvalue weighted by Gasteiger charge is -2.39. The topological polar surface area (TPSA) is 99.6 Å². The Labute approximate surface area is 237 Å². The Morgan fingerprint density at radius 2 is 1.52 bits per heavy atom. The van der Waals surface area contributed by atoms with Gasteiger partial charge in [-0.2, -0.15) is 8.42 Å². The summed E-state index contributed by atoms with van der Waals surface area (Å²) in [5.74, 6) is -0.178. The number of fused-ring (bicyclic) bond motifs is 2. The van der Waals surface area contributed by atoms with Crippen LogP contribution in [0.25, 0.3) is 21.7 Å². The molecule has 7 nitrogen and oxygen atoms in total. The summed E-state index contributed by atoms with van der Waals surface area (Å²) in [6, 6.07) is 28.2. The minimum absolute atomic E-state index is 0.0882. The van der Waals surface area contributed by atoms with Crippen molar-refractivity contribution in [2.45, 2.75) is 23.5 Å². The molecule has 2 heterocycles. The maximum Gasteiger partial charge on any atom is 0.279 e. The maximum absolute atomic E-state index is 13.6.